The van der Waals surface area contributed by atoms with E-state index in [1.165, 1.54) is 0 Å². The molecule has 2 saturated heterocycles. The van der Waals surface area contributed by atoms with Crippen LogP contribution in [0.5, 0.6) is 5.75 Å². The van der Waals surface area contributed by atoms with Crippen LogP contribution in [0.4, 0.5) is 17.6 Å². The maximum absolute atomic E-state index is 14.2. The van der Waals surface area contributed by atoms with E-state index in [1.54, 1.807) is 6.07 Å². The van der Waals surface area contributed by atoms with Crippen molar-refractivity contribution in [2.75, 3.05) is 0 Å². The highest BCUT2D eigenvalue weighted by Crippen LogP contribution is 2.41. The molecule has 2 bridgehead atoms. The van der Waals surface area contributed by atoms with Gasteiger partial charge in [0, 0.05) is 30.2 Å². The number of ether oxygens (including phenoxy) is 1. The Bertz CT molecular complexity index is 1120. The van der Waals surface area contributed by atoms with Gasteiger partial charge in [-0.1, -0.05) is 18.2 Å². The summed E-state index contributed by atoms with van der Waals surface area (Å²) in [4.78, 5) is 14.0. The van der Waals surface area contributed by atoms with Gasteiger partial charge >= 0.3 is 12.1 Å². The lowest BCUT2D eigenvalue weighted by molar-refractivity contribution is -0.185. The summed E-state index contributed by atoms with van der Waals surface area (Å²) in [7, 11) is 0. The molecule has 2 heterocycles. The number of piperidine rings is 2. The number of aliphatic carboxylic acids is 1. The number of nitrogens with two attached hydrogens (primary N) is 1. The third-order valence-corrected chi connectivity index (χ3v) is 8.63. The zero-order valence-corrected chi connectivity index (χ0v) is 20.7. The molecule has 2 aliphatic heterocycles. The summed E-state index contributed by atoms with van der Waals surface area (Å²) in [5.74, 6) is -1.95. The zero-order valence-electron chi connectivity index (χ0n) is 20.7. The number of alkyl halides is 4. The Hall–Kier alpha value is -2.39. The first kappa shape index (κ1) is 26.2. The van der Waals surface area contributed by atoms with Crippen LogP contribution in [0.1, 0.15) is 62.5 Å². The fraction of sp³-hybridized carbons (Fsp3) is 0.607. The van der Waals surface area contributed by atoms with Crippen molar-refractivity contribution in [1.82, 2.24) is 4.90 Å². The molecule has 1 aliphatic carbocycles. The lowest BCUT2D eigenvalue weighted by Gasteiger charge is -2.50. The van der Waals surface area contributed by atoms with Gasteiger partial charge < -0.3 is 15.6 Å². The Morgan fingerprint density at radius 2 is 1.70 bits per heavy atom. The lowest BCUT2D eigenvalue weighted by Crippen LogP contribution is -2.57. The second-order valence-corrected chi connectivity index (χ2v) is 11.1. The molecule has 2 aromatic rings. The lowest BCUT2D eigenvalue weighted by atomic mass is 9.76. The molecule has 9 heteroatoms. The monoisotopic (exact) mass is 522 g/mol. The van der Waals surface area contributed by atoms with Gasteiger partial charge in [-0.2, -0.15) is 13.2 Å². The van der Waals surface area contributed by atoms with Crippen LogP contribution in [0.2, 0.25) is 0 Å². The van der Waals surface area contributed by atoms with E-state index in [2.05, 4.69) is 4.90 Å². The van der Waals surface area contributed by atoms with Crippen molar-refractivity contribution in [1.29, 1.82) is 0 Å². The predicted molar refractivity (Wildman–Crippen MR) is 132 cm³/mol. The van der Waals surface area contributed by atoms with Gasteiger partial charge in [0.2, 0.25) is 0 Å². The molecule has 3 N–H and O–H groups in total. The van der Waals surface area contributed by atoms with E-state index in [9.17, 15) is 27.5 Å². The van der Waals surface area contributed by atoms with Gasteiger partial charge in [0.25, 0.3) is 0 Å². The van der Waals surface area contributed by atoms with E-state index in [0.29, 0.717) is 43.5 Å². The molecule has 0 aromatic heterocycles. The number of nitrogens with zero attached hydrogens (tertiary/aromatic N) is 1. The first-order valence-electron chi connectivity index (χ1n) is 13.2. The van der Waals surface area contributed by atoms with Gasteiger partial charge in [-0.3, -0.25) is 9.69 Å². The summed E-state index contributed by atoms with van der Waals surface area (Å²) in [5.41, 5.74) is 7.73. The van der Waals surface area contributed by atoms with Gasteiger partial charge in [-0.05, 0) is 79.8 Å². The van der Waals surface area contributed by atoms with Gasteiger partial charge in [0.15, 0.2) is 0 Å². The second kappa shape index (κ2) is 10.4. The van der Waals surface area contributed by atoms with Crippen LogP contribution in [0, 0.1) is 11.8 Å². The van der Waals surface area contributed by atoms with Gasteiger partial charge in [-0.15, -0.1) is 0 Å². The van der Waals surface area contributed by atoms with Crippen molar-refractivity contribution in [2.24, 2.45) is 17.6 Å². The van der Waals surface area contributed by atoms with Gasteiger partial charge in [-0.25, -0.2) is 4.39 Å². The van der Waals surface area contributed by atoms with Crippen LogP contribution < -0.4 is 10.5 Å². The minimum absolute atomic E-state index is 0.0344. The first-order valence-corrected chi connectivity index (χ1v) is 13.2. The van der Waals surface area contributed by atoms with Crippen molar-refractivity contribution < 1.29 is 32.2 Å². The fourth-order valence-electron chi connectivity index (χ4n) is 6.71. The summed E-state index contributed by atoms with van der Waals surface area (Å²) < 4.78 is 59.1. The van der Waals surface area contributed by atoms with Crippen molar-refractivity contribution in [3.05, 3.63) is 41.5 Å². The molecule has 0 spiro atoms. The van der Waals surface area contributed by atoms with Crippen molar-refractivity contribution in [3.8, 4) is 5.75 Å². The molecule has 202 valence electrons. The molecule has 5 rings (SSSR count). The molecule has 3 fully saturated rings. The Labute approximate surface area is 213 Å². The largest absolute Gasteiger partial charge is 0.490 e. The van der Waals surface area contributed by atoms with Crippen LogP contribution in [-0.4, -0.2) is 46.4 Å². The van der Waals surface area contributed by atoms with Crippen molar-refractivity contribution >= 4 is 16.7 Å². The maximum atomic E-state index is 14.2. The van der Waals surface area contributed by atoms with E-state index in [1.807, 2.05) is 24.3 Å². The van der Waals surface area contributed by atoms with Gasteiger partial charge in [0.05, 0.1) is 17.9 Å². The summed E-state index contributed by atoms with van der Waals surface area (Å²) in [5, 5.41) is 11.1. The maximum Gasteiger partial charge on any atom is 0.391 e. The normalized spacial score (nSPS) is 30.8. The number of carbonyl (C=O) groups is 1. The van der Waals surface area contributed by atoms with E-state index in [0.717, 1.165) is 29.2 Å². The molecule has 0 amide bonds. The topological polar surface area (TPSA) is 75.8 Å². The highest BCUT2D eigenvalue weighted by Gasteiger charge is 2.43. The molecule has 3 aliphatic rings. The predicted octanol–water partition coefficient (Wildman–Crippen LogP) is 5.96. The number of hydrogen-bond donors (Lipinski definition) is 2. The Balaban J connectivity index is 1.30. The Kier molecular flexibility index (Phi) is 7.38. The van der Waals surface area contributed by atoms with Crippen LogP contribution in [0.15, 0.2) is 30.3 Å². The molecule has 2 aromatic carbocycles. The van der Waals surface area contributed by atoms with Gasteiger partial charge in [0.1, 0.15) is 12.4 Å². The van der Waals surface area contributed by atoms with Crippen LogP contribution in [0.25, 0.3) is 10.8 Å². The van der Waals surface area contributed by atoms with Crippen LogP contribution in [-0.2, 0) is 18.0 Å². The summed E-state index contributed by atoms with van der Waals surface area (Å²) >= 11 is 0. The van der Waals surface area contributed by atoms with Crippen LogP contribution >= 0.6 is 0 Å². The number of halogens is 4. The molecule has 2 unspecified atom stereocenters. The summed E-state index contributed by atoms with van der Waals surface area (Å²) in [6.07, 6.45) is -1.08. The number of carboxylic acids is 1. The molecule has 1 saturated carbocycles. The highest BCUT2D eigenvalue weighted by molar-refractivity contribution is 5.88. The van der Waals surface area contributed by atoms with E-state index in [4.69, 9.17) is 10.5 Å². The molecular formula is C28H34F4N2O3. The zero-order chi connectivity index (χ0) is 26.3. The SMILES string of the molecule is NC1CC2CC(C(=O)O)CC(C1)N2Cc1ccc2c(CF)c(OC3CCC(C(F)(F)F)CC3)ccc2c1. The summed E-state index contributed by atoms with van der Waals surface area (Å²) in [6.45, 7) is -0.0509. The quantitative estimate of drug-likeness (QED) is 0.458. The number of rotatable bonds is 6. The molecule has 5 nitrogen and oxygen atoms in total. The average Bonchev–Trinajstić information content (AvgIpc) is 2.84. The summed E-state index contributed by atoms with van der Waals surface area (Å²) in [6, 6.07) is 9.84. The van der Waals surface area contributed by atoms with E-state index >= 15 is 0 Å². The third-order valence-electron chi connectivity index (χ3n) is 8.63. The van der Waals surface area contributed by atoms with Crippen molar-refractivity contribution in [3.63, 3.8) is 0 Å². The van der Waals surface area contributed by atoms with Crippen LogP contribution in [0.3, 0.4) is 0 Å². The highest BCUT2D eigenvalue weighted by atomic mass is 19.4. The van der Waals surface area contributed by atoms with Crippen molar-refractivity contribution in [2.45, 2.75) is 95.0 Å². The number of fused-ring (bicyclic) bond motifs is 3. The molecule has 0 radical (unpaired) electrons. The smallest absolute Gasteiger partial charge is 0.391 e. The minimum atomic E-state index is -4.17. The number of carboxylic acid groups (broad SMARTS) is 1. The number of benzene rings is 2. The standard InChI is InChI=1S/C28H34F4N2O3/c29-14-25-24-7-1-16(15-34-21-10-18(27(35)36)11-22(34)13-20(33)12-21)9-17(24)2-8-26(25)37-23-5-3-19(4-6-23)28(30,31)32/h1-2,7-9,18-23H,3-6,10-15,33H2,(H,35,36). The molecule has 37 heavy (non-hydrogen) atoms. The minimum Gasteiger partial charge on any atom is -0.490 e. The molecular weight excluding hydrogens is 488 g/mol. The third kappa shape index (κ3) is 5.58. The van der Waals surface area contributed by atoms with E-state index < -0.39 is 24.7 Å². The Morgan fingerprint density at radius 3 is 2.30 bits per heavy atom. The first-order chi connectivity index (χ1) is 17.6. The number of hydrogen-bond acceptors (Lipinski definition) is 4. The fourth-order valence-corrected chi connectivity index (χ4v) is 6.71. The average molecular weight is 523 g/mol. The second-order valence-electron chi connectivity index (χ2n) is 11.1. The Morgan fingerprint density at radius 1 is 1.03 bits per heavy atom. The van der Waals surface area contributed by atoms with E-state index in [-0.39, 0.29) is 43.0 Å². The molecule has 2 atom stereocenters.